The molecule has 8 heteroatoms. The van der Waals surface area contributed by atoms with Gasteiger partial charge in [-0.15, -0.1) is 0 Å². The van der Waals surface area contributed by atoms with Crippen LogP contribution in [-0.2, 0) is 16.6 Å². The van der Waals surface area contributed by atoms with Gasteiger partial charge < -0.3 is 0 Å². The molecule has 2 rings (SSSR count). The Morgan fingerprint density at radius 3 is 2.33 bits per heavy atom. The van der Waals surface area contributed by atoms with E-state index in [-0.39, 0.29) is 21.6 Å². The lowest BCUT2D eigenvalue weighted by atomic mass is 10.2. The molecule has 1 aromatic heterocycles. The second-order valence-corrected chi connectivity index (χ2v) is 7.58. The monoisotopic (exact) mass is 364 g/mol. The first-order chi connectivity index (χ1) is 9.80. The summed E-state index contributed by atoms with van der Waals surface area (Å²) >= 11 is 17.3. The molecule has 0 bridgehead atoms. The molecule has 4 nitrogen and oxygen atoms in total. The summed E-state index contributed by atoms with van der Waals surface area (Å²) in [4.78, 5) is 3.75. The topological polar surface area (TPSA) is 50.3 Å². The molecule has 0 spiro atoms. The minimum absolute atomic E-state index is 0.00614. The third-order valence-corrected chi connectivity index (χ3v) is 5.50. The van der Waals surface area contributed by atoms with Crippen molar-refractivity contribution in [3.63, 3.8) is 0 Å². The third-order valence-electron chi connectivity index (χ3n) is 2.80. The van der Waals surface area contributed by atoms with Gasteiger partial charge in [-0.25, -0.2) is 13.4 Å². The van der Waals surface area contributed by atoms with Crippen molar-refractivity contribution in [3.05, 3.63) is 57.3 Å². The molecule has 21 heavy (non-hydrogen) atoms. The Morgan fingerprint density at radius 1 is 1.14 bits per heavy atom. The van der Waals surface area contributed by atoms with E-state index in [0.717, 1.165) is 5.56 Å². The Bertz CT molecular complexity index is 749. The number of aromatic nitrogens is 1. The van der Waals surface area contributed by atoms with Crippen LogP contribution in [0.4, 0.5) is 0 Å². The molecular formula is C13H11Cl3N2O2S. The molecule has 0 aliphatic carbocycles. The number of benzene rings is 1. The summed E-state index contributed by atoms with van der Waals surface area (Å²) in [5.41, 5.74) is 0.818. The van der Waals surface area contributed by atoms with Crippen LogP contribution in [0.15, 0.2) is 41.4 Å². The second kappa shape index (κ2) is 6.50. The lowest BCUT2D eigenvalue weighted by molar-refractivity contribution is 0.466. The lowest BCUT2D eigenvalue weighted by Crippen LogP contribution is -2.26. The highest BCUT2D eigenvalue weighted by Gasteiger charge is 2.22. The maximum Gasteiger partial charge on any atom is 0.244 e. The molecule has 0 saturated carbocycles. The Morgan fingerprint density at radius 2 is 1.76 bits per heavy atom. The minimum atomic E-state index is -3.69. The van der Waals surface area contributed by atoms with Gasteiger partial charge in [0.2, 0.25) is 10.0 Å². The van der Waals surface area contributed by atoms with Crippen LogP contribution in [0, 0.1) is 0 Å². The molecule has 0 radical (unpaired) electrons. The van der Waals surface area contributed by atoms with Crippen LogP contribution >= 0.6 is 34.8 Å². The highest BCUT2D eigenvalue weighted by atomic mass is 35.5. The van der Waals surface area contributed by atoms with Gasteiger partial charge in [-0.05, 0) is 23.8 Å². The van der Waals surface area contributed by atoms with Crippen LogP contribution in [0.1, 0.15) is 5.56 Å². The minimum Gasteiger partial charge on any atom is -0.242 e. The standard InChI is InChI=1S/C13H11Cl3N2O2S/c1-18(8-9-2-4-10(14)5-3-9)21(19,20)11-6-12(15)13(16)17-7-11/h2-7H,8H2,1H3. The summed E-state index contributed by atoms with van der Waals surface area (Å²) in [5, 5.41) is 0.756. The van der Waals surface area contributed by atoms with Crippen molar-refractivity contribution in [1.29, 1.82) is 0 Å². The lowest BCUT2D eigenvalue weighted by Gasteiger charge is -2.17. The van der Waals surface area contributed by atoms with Gasteiger partial charge in [0.25, 0.3) is 0 Å². The van der Waals surface area contributed by atoms with E-state index in [1.54, 1.807) is 24.3 Å². The maximum absolute atomic E-state index is 12.4. The summed E-state index contributed by atoms with van der Waals surface area (Å²) in [6.45, 7) is 0.208. The molecule has 0 saturated heterocycles. The Balaban J connectivity index is 2.25. The number of hydrogen-bond acceptors (Lipinski definition) is 3. The predicted octanol–water partition coefficient (Wildman–Crippen LogP) is 3.86. The van der Waals surface area contributed by atoms with Crippen LogP contribution < -0.4 is 0 Å². The van der Waals surface area contributed by atoms with E-state index in [1.165, 1.54) is 23.6 Å². The molecule has 0 unspecified atom stereocenters. The molecule has 0 atom stereocenters. The second-order valence-electron chi connectivity index (χ2n) is 4.33. The van der Waals surface area contributed by atoms with Gasteiger partial charge in [0.05, 0.1) is 5.02 Å². The first-order valence-electron chi connectivity index (χ1n) is 5.82. The van der Waals surface area contributed by atoms with Crippen molar-refractivity contribution in [2.75, 3.05) is 7.05 Å². The summed E-state index contributed by atoms with van der Waals surface area (Å²) < 4.78 is 26.1. The summed E-state index contributed by atoms with van der Waals surface area (Å²) in [6, 6.07) is 8.23. The van der Waals surface area contributed by atoms with Crippen molar-refractivity contribution in [2.24, 2.45) is 0 Å². The number of halogens is 3. The van der Waals surface area contributed by atoms with E-state index in [2.05, 4.69) is 4.98 Å². The van der Waals surface area contributed by atoms with Gasteiger partial charge in [-0.2, -0.15) is 4.31 Å². The number of nitrogens with zero attached hydrogens (tertiary/aromatic N) is 2. The number of hydrogen-bond donors (Lipinski definition) is 0. The maximum atomic E-state index is 12.4. The average Bonchev–Trinajstić information content (AvgIpc) is 2.44. The van der Waals surface area contributed by atoms with E-state index >= 15 is 0 Å². The fourth-order valence-corrected chi connectivity index (χ4v) is 3.25. The van der Waals surface area contributed by atoms with Crippen LogP contribution in [0.2, 0.25) is 15.2 Å². The predicted molar refractivity (Wildman–Crippen MR) is 84.4 cm³/mol. The van der Waals surface area contributed by atoms with Gasteiger partial charge in [0, 0.05) is 24.8 Å². The van der Waals surface area contributed by atoms with Crippen LogP contribution in [0.5, 0.6) is 0 Å². The highest BCUT2D eigenvalue weighted by Crippen LogP contribution is 2.24. The van der Waals surface area contributed by atoms with Crippen LogP contribution in [-0.4, -0.2) is 24.8 Å². The molecule has 2 aromatic rings. The smallest absolute Gasteiger partial charge is 0.242 e. The summed E-state index contributed by atoms with van der Waals surface area (Å²) in [6.07, 6.45) is 1.18. The Hall–Kier alpha value is -0.850. The fourth-order valence-electron chi connectivity index (χ4n) is 1.66. The Kier molecular flexibility index (Phi) is 5.11. The van der Waals surface area contributed by atoms with Gasteiger partial charge >= 0.3 is 0 Å². The normalized spacial score (nSPS) is 11.9. The quantitative estimate of drug-likeness (QED) is 0.773. The van der Waals surface area contributed by atoms with Crippen molar-refractivity contribution in [2.45, 2.75) is 11.4 Å². The van der Waals surface area contributed by atoms with E-state index in [0.29, 0.717) is 5.02 Å². The molecular weight excluding hydrogens is 355 g/mol. The van der Waals surface area contributed by atoms with Gasteiger partial charge in [-0.1, -0.05) is 46.9 Å². The first kappa shape index (κ1) is 16.5. The highest BCUT2D eigenvalue weighted by molar-refractivity contribution is 7.89. The number of sulfonamides is 1. The molecule has 1 heterocycles. The zero-order valence-electron chi connectivity index (χ0n) is 10.9. The zero-order chi connectivity index (χ0) is 15.6. The molecule has 0 N–H and O–H groups in total. The number of pyridine rings is 1. The van der Waals surface area contributed by atoms with Crippen molar-refractivity contribution in [3.8, 4) is 0 Å². The molecule has 0 amide bonds. The van der Waals surface area contributed by atoms with Crippen LogP contribution in [0.25, 0.3) is 0 Å². The van der Waals surface area contributed by atoms with Gasteiger partial charge in [-0.3, -0.25) is 0 Å². The van der Waals surface area contributed by atoms with Crippen molar-refractivity contribution >= 4 is 44.8 Å². The van der Waals surface area contributed by atoms with E-state index in [1.807, 2.05) is 0 Å². The average molecular weight is 366 g/mol. The summed E-state index contributed by atoms with van der Waals surface area (Å²) in [7, 11) is -2.21. The largest absolute Gasteiger partial charge is 0.244 e. The third kappa shape index (κ3) is 3.87. The van der Waals surface area contributed by atoms with E-state index in [4.69, 9.17) is 34.8 Å². The van der Waals surface area contributed by atoms with Gasteiger partial charge in [0.1, 0.15) is 10.0 Å². The first-order valence-corrected chi connectivity index (χ1v) is 8.40. The van der Waals surface area contributed by atoms with Crippen molar-refractivity contribution in [1.82, 2.24) is 9.29 Å². The molecule has 0 aliphatic rings. The van der Waals surface area contributed by atoms with E-state index < -0.39 is 10.0 Å². The van der Waals surface area contributed by atoms with Crippen molar-refractivity contribution < 1.29 is 8.42 Å². The fraction of sp³-hybridized carbons (Fsp3) is 0.154. The molecule has 0 fully saturated rings. The summed E-state index contributed by atoms with van der Waals surface area (Å²) in [5.74, 6) is 0. The van der Waals surface area contributed by atoms with Gasteiger partial charge in [0.15, 0.2) is 0 Å². The van der Waals surface area contributed by atoms with E-state index in [9.17, 15) is 8.42 Å². The number of rotatable bonds is 4. The SMILES string of the molecule is CN(Cc1ccc(Cl)cc1)S(=O)(=O)c1cnc(Cl)c(Cl)c1. The van der Waals surface area contributed by atoms with Crippen LogP contribution in [0.3, 0.4) is 0 Å². The molecule has 0 aliphatic heterocycles. The molecule has 1 aromatic carbocycles. The zero-order valence-corrected chi connectivity index (χ0v) is 14.0. The Labute approximate surface area is 138 Å². The molecule has 112 valence electrons.